The molecule has 0 saturated carbocycles. The average Bonchev–Trinajstić information content (AvgIpc) is 2.17. The molecule has 0 fully saturated rings. The summed E-state index contributed by atoms with van der Waals surface area (Å²) in [5, 5.41) is 0. The number of aryl methyl sites for hydroxylation is 2. The maximum absolute atomic E-state index is 10.0. The molecule has 0 atom stereocenters. The Morgan fingerprint density at radius 1 is 1.27 bits per heavy atom. The Morgan fingerprint density at radius 3 is 2.27 bits per heavy atom. The molecule has 0 saturated heterocycles. The largest absolute Gasteiger partial charge is 0.240 e. The third-order valence-corrected chi connectivity index (χ3v) is 2.79. The molecule has 0 aliphatic heterocycles. The third-order valence-electron chi connectivity index (χ3n) is 1.68. The van der Waals surface area contributed by atoms with Crippen LogP contribution in [0.3, 0.4) is 0 Å². The van der Waals surface area contributed by atoms with Crippen LogP contribution in [-0.2, 0) is 4.79 Å². The molecule has 0 unspecified atom stereocenters. The van der Waals surface area contributed by atoms with Crippen LogP contribution in [-0.4, -0.2) is 6.08 Å². The summed E-state index contributed by atoms with van der Waals surface area (Å²) in [5.41, 5.74) is 1.89. The first kappa shape index (κ1) is 8.18. The fourth-order valence-corrected chi connectivity index (χ4v) is 2.00. The fourth-order valence-electron chi connectivity index (χ4n) is 0.994. The predicted molar refractivity (Wildman–Crippen MR) is 46.3 cm³/mol. The maximum Gasteiger partial charge on any atom is 0.240 e. The van der Waals surface area contributed by atoms with Gasteiger partial charge in [0, 0.05) is 9.75 Å². The molecule has 0 aromatic carbocycles. The minimum Gasteiger partial charge on any atom is -0.211 e. The first-order valence-corrected chi connectivity index (χ1v) is 4.13. The summed E-state index contributed by atoms with van der Waals surface area (Å²) >= 11 is 1.66. The summed E-state index contributed by atoms with van der Waals surface area (Å²) in [4.78, 5) is 15.9. The molecule has 58 valence electrons. The van der Waals surface area contributed by atoms with Gasteiger partial charge in [-0.25, -0.2) is 4.79 Å². The maximum atomic E-state index is 10.0. The molecule has 0 aliphatic carbocycles. The van der Waals surface area contributed by atoms with E-state index in [9.17, 15) is 4.79 Å². The van der Waals surface area contributed by atoms with Crippen LogP contribution >= 0.6 is 11.3 Å². The van der Waals surface area contributed by atoms with Gasteiger partial charge in [0.2, 0.25) is 6.08 Å². The summed E-state index contributed by atoms with van der Waals surface area (Å²) in [6.07, 6.45) is 1.56. The highest BCUT2D eigenvalue weighted by molar-refractivity contribution is 7.12. The molecule has 0 aliphatic rings. The van der Waals surface area contributed by atoms with Crippen LogP contribution < -0.4 is 0 Å². The van der Waals surface area contributed by atoms with Gasteiger partial charge in [0.25, 0.3) is 0 Å². The van der Waals surface area contributed by atoms with E-state index < -0.39 is 0 Å². The molecule has 1 heterocycles. The first-order valence-electron chi connectivity index (χ1n) is 3.31. The van der Waals surface area contributed by atoms with Gasteiger partial charge in [-0.3, -0.25) is 0 Å². The number of thiophene rings is 1. The van der Waals surface area contributed by atoms with Gasteiger partial charge in [-0.1, -0.05) is 0 Å². The predicted octanol–water partition coefficient (Wildman–Crippen LogP) is 2.64. The number of aliphatic imine (C=N–C) groups is 1. The van der Waals surface area contributed by atoms with E-state index in [0.717, 1.165) is 16.1 Å². The summed E-state index contributed by atoms with van der Waals surface area (Å²) < 4.78 is 0. The highest BCUT2D eigenvalue weighted by Crippen LogP contribution is 2.33. The number of nitrogens with zero attached hydrogens (tertiary/aromatic N) is 1. The average molecular weight is 167 g/mol. The summed E-state index contributed by atoms with van der Waals surface area (Å²) in [7, 11) is 0. The number of hydrogen-bond donors (Lipinski definition) is 0. The zero-order valence-corrected chi connectivity index (χ0v) is 7.58. The number of rotatable bonds is 1. The molecular formula is C8H9NOS. The minimum atomic E-state index is 0.794. The lowest BCUT2D eigenvalue weighted by Gasteiger charge is -1.88. The Hall–Kier alpha value is -0.920. The van der Waals surface area contributed by atoms with Gasteiger partial charge < -0.3 is 0 Å². The second-order valence-electron chi connectivity index (χ2n) is 2.39. The number of isocyanates is 1. The van der Waals surface area contributed by atoms with Crippen molar-refractivity contribution in [3.63, 3.8) is 0 Å². The lowest BCUT2D eigenvalue weighted by atomic mass is 10.2. The van der Waals surface area contributed by atoms with E-state index in [0.29, 0.717) is 0 Å². The topological polar surface area (TPSA) is 29.4 Å². The number of carbonyl (C=O) groups excluding carboxylic acids is 1. The van der Waals surface area contributed by atoms with Crippen LogP contribution in [0.5, 0.6) is 0 Å². The van der Waals surface area contributed by atoms with Crippen molar-refractivity contribution < 1.29 is 4.79 Å². The molecule has 0 bridgehead atoms. The quantitative estimate of drug-likeness (QED) is 0.467. The zero-order chi connectivity index (χ0) is 8.43. The molecule has 1 aromatic heterocycles. The lowest BCUT2D eigenvalue weighted by molar-refractivity contribution is 0.565. The van der Waals surface area contributed by atoms with Crippen molar-refractivity contribution in [2.24, 2.45) is 4.99 Å². The van der Waals surface area contributed by atoms with Crippen molar-refractivity contribution in [1.29, 1.82) is 0 Å². The van der Waals surface area contributed by atoms with Gasteiger partial charge >= 0.3 is 0 Å². The Labute approximate surface area is 69.6 Å². The molecule has 0 radical (unpaired) electrons. The summed E-state index contributed by atoms with van der Waals surface area (Å²) in [6.45, 7) is 5.95. The van der Waals surface area contributed by atoms with Crippen molar-refractivity contribution in [3.8, 4) is 0 Å². The Kier molecular flexibility index (Phi) is 2.22. The van der Waals surface area contributed by atoms with E-state index in [4.69, 9.17) is 0 Å². The van der Waals surface area contributed by atoms with Crippen molar-refractivity contribution in [1.82, 2.24) is 0 Å². The molecule has 1 aromatic rings. The van der Waals surface area contributed by atoms with E-state index in [-0.39, 0.29) is 0 Å². The molecule has 0 N–H and O–H groups in total. The fraction of sp³-hybridized carbons (Fsp3) is 0.375. The Morgan fingerprint density at radius 2 is 1.91 bits per heavy atom. The van der Waals surface area contributed by atoms with Crippen LogP contribution in [0.25, 0.3) is 0 Å². The summed E-state index contributed by atoms with van der Waals surface area (Å²) in [6, 6.07) is 0. The molecule has 11 heavy (non-hydrogen) atoms. The van der Waals surface area contributed by atoms with Crippen LogP contribution in [0.4, 0.5) is 5.69 Å². The van der Waals surface area contributed by atoms with Crippen molar-refractivity contribution in [2.75, 3.05) is 0 Å². The van der Waals surface area contributed by atoms with E-state index in [2.05, 4.69) is 4.99 Å². The second kappa shape index (κ2) is 2.99. The van der Waals surface area contributed by atoms with E-state index in [1.165, 1.54) is 4.88 Å². The van der Waals surface area contributed by atoms with Gasteiger partial charge in [-0.05, 0) is 26.3 Å². The van der Waals surface area contributed by atoms with Gasteiger partial charge in [-0.2, -0.15) is 4.99 Å². The van der Waals surface area contributed by atoms with Crippen molar-refractivity contribution in [2.45, 2.75) is 20.8 Å². The van der Waals surface area contributed by atoms with Crippen LogP contribution in [0.15, 0.2) is 4.99 Å². The third kappa shape index (κ3) is 1.39. The molecule has 1 rings (SSSR count). The minimum absolute atomic E-state index is 0.794. The van der Waals surface area contributed by atoms with Gasteiger partial charge in [0.1, 0.15) is 0 Å². The smallest absolute Gasteiger partial charge is 0.211 e. The molecule has 0 amide bonds. The SMILES string of the molecule is Cc1sc(C)c(N=C=O)c1C. The van der Waals surface area contributed by atoms with Crippen LogP contribution in [0.1, 0.15) is 15.3 Å². The van der Waals surface area contributed by atoms with Crippen LogP contribution in [0, 0.1) is 20.8 Å². The zero-order valence-electron chi connectivity index (χ0n) is 6.76. The molecule has 2 nitrogen and oxygen atoms in total. The Bertz CT molecular complexity index is 321. The Balaban J connectivity index is 3.33. The van der Waals surface area contributed by atoms with E-state index >= 15 is 0 Å². The van der Waals surface area contributed by atoms with E-state index in [1.54, 1.807) is 17.4 Å². The first-order chi connectivity index (χ1) is 5.16. The normalized spacial score (nSPS) is 9.36. The van der Waals surface area contributed by atoms with Crippen LogP contribution in [0.2, 0.25) is 0 Å². The molecule has 0 spiro atoms. The van der Waals surface area contributed by atoms with Gasteiger partial charge in [0.05, 0.1) is 5.69 Å². The summed E-state index contributed by atoms with van der Waals surface area (Å²) in [5.74, 6) is 0. The molecule has 3 heteroatoms. The monoisotopic (exact) mass is 167 g/mol. The highest BCUT2D eigenvalue weighted by atomic mass is 32.1. The van der Waals surface area contributed by atoms with Gasteiger partial charge in [-0.15, -0.1) is 11.3 Å². The second-order valence-corrected chi connectivity index (χ2v) is 3.82. The molecular weight excluding hydrogens is 158 g/mol. The standard InChI is InChI=1S/C8H9NOS/c1-5-6(2)11-7(3)8(5)9-4-10/h1-3H3. The van der Waals surface area contributed by atoms with Crippen molar-refractivity contribution in [3.05, 3.63) is 15.3 Å². The van der Waals surface area contributed by atoms with Crippen molar-refractivity contribution >= 4 is 23.1 Å². The number of hydrogen-bond acceptors (Lipinski definition) is 3. The van der Waals surface area contributed by atoms with Gasteiger partial charge in [0.15, 0.2) is 0 Å². The lowest BCUT2D eigenvalue weighted by Crippen LogP contribution is -1.69. The van der Waals surface area contributed by atoms with E-state index in [1.807, 2.05) is 20.8 Å². The highest BCUT2D eigenvalue weighted by Gasteiger charge is 2.06.